The molecule has 0 spiro atoms. The Morgan fingerprint density at radius 3 is 2.35 bits per heavy atom. The van der Waals surface area contributed by atoms with Gasteiger partial charge >= 0.3 is 0 Å². The van der Waals surface area contributed by atoms with Gasteiger partial charge in [0.05, 0.1) is 21.3 Å². The van der Waals surface area contributed by atoms with Crippen LogP contribution in [0.25, 0.3) is 0 Å². The van der Waals surface area contributed by atoms with E-state index in [1.807, 2.05) is 0 Å². The van der Waals surface area contributed by atoms with Gasteiger partial charge in [-0.05, 0) is 17.3 Å². The second kappa shape index (κ2) is 6.00. The van der Waals surface area contributed by atoms with Gasteiger partial charge in [-0.2, -0.15) is 4.80 Å². The Kier molecular flexibility index (Phi) is 4.14. The number of carbonyl (C=O) groups is 1. The van der Waals surface area contributed by atoms with Crippen LogP contribution in [0.5, 0.6) is 17.2 Å². The number of rotatable bonds is 6. The molecule has 20 heavy (non-hydrogen) atoms. The summed E-state index contributed by atoms with van der Waals surface area (Å²) in [5, 5.41) is 11.5. The second-order valence-electron chi connectivity index (χ2n) is 3.86. The highest BCUT2D eigenvalue weighted by molar-refractivity contribution is 5.78. The average Bonchev–Trinajstić information content (AvgIpc) is 2.89. The molecule has 0 bridgehead atoms. The molecule has 2 aromatic rings. The maximum absolute atomic E-state index is 10.9. The molecule has 106 valence electrons. The molecule has 0 unspecified atom stereocenters. The van der Waals surface area contributed by atoms with Crippen LogP contribution in [-0.4, -0.2) is 40.7 Å². The normalized spacial score (nSPS) is 10.2. The van der Waals surface area contributed by atoms with Crippen LogP contribution in [0.1, 0.15) is 16.2 Å². The molecule has 0 amide bonds. The van der Waals surface area contributed by atoms with Crippen molar-refractivity contribution in [2.75, 3.05) is 14.2 Å². The highest BCUT2D eigenvalue weighted by Gasteiger charge is 2.15. The van der Waals surface area contributed by atoms with E-state index in [0.717, 1.165) is 0 Å². The highest BCUT2D eigenvalue weighted by atomic mass is 16.5. The van der Waals surface area contributed by atoms with Crippen LogP contribution in [0.15, 0.2) is 12.1 Å². The van der Waals surface area contributed by atoms with Crippen molar-refractivity contribution < 1.29 is 19.0 Å². The van der Waals surface area contributed by atoms with Gasteiger partial charge in [0.1, 0.15) is 6.29 Å². The first-order valence-electron chi connectivity index (χ1n) is 5.74. The minimum Gasteiger partial charge on any atom is -0.493 e. The van der Waals surface area contributed by atoms with E-state index in [-0.39, 0.29) is 6.61 Å². The lowest BCUT2D eigenvalue weighted by atomic mass is 10.2. The van der Waals surface area contributed by atoms with Crippen molar-refractivity contribution in [3.8, 4) is 17.2 Å². The van der Waals surface area contributed by atoms with Crippen LogP contribution in [0.4, 0.5) is 0 Å². The fourth-order valence-electron chi connectivity index (χ4n) is 1.63. The molecule has 0 aliphatic rings. The van der Waals surface area contributed by atoms with E-state index in [1.54, 1.807) is 19.2 Å². The number of tetrazole rings is 1. The van der Waals surface area contributed by atoms with Crippen LogP contribution in [0, 0.1) is 0 Å². The zero-order valence-electron chi connectivity index (χ0n) is 11.4. The largest absolute Gasteiger partial charge is 0.493 e. The number of benzene rings is 1. The Labute approximate surface area is 115 Å². The van der Waals surface area contributed by atoms with E-state index in [1.165, 1.54) is 19.0 Å². The van der Waals surface area contributed by atoms with Gasteiger partial charge in [-0.1, -0.05) is 0 Å². The van der Waals surface area contributed by atoms with Crippen LogP contribution < -0.4 is 14.2 Å². The number of nitrogens with zero attached hydrogens (tertiary/aromatic N) is 4. The molecular formula is C12H14N4O4. The predicted molar refractivity (Wildman–Crippen MR) is 68.1 cm³/mol. The van der Waals surface area contributed by atoms with Gasteiger partial charge < -0.3 is 14.2 Å². The minimum atomic E-state index is 0.112. The molecule has 0 atom stereocenters. The number of hydrogen-bond donors (Lipinski definition) is 0. The summed E-state index contributed by atoms with van der Waals surface area (Å²) in [6, 6.07) is 3.13. The number of aromatic nitrogens is 4. The molecule has 1 aromatic heterocycles. The van der Waals surface area contributed by atoms with E-state index in [4.69, 9.17) is 14.2 Å². The first-order valence-corrected chi connectivity index (χ1v) is 5.74. The van der Waals surface area contributed by atoms with Crippen LogP contribution >= 0.6 is 0 Å². The molecule has 0 fully saturated rings. The molecule has 2 rings (SSSR count). The smallest absolute Gasteiger partial charge is 0.212 e. The summed E-state index contributed by atoms with van der Waals surface area (Å²) in [5.41, 5.74) is 0.434. The molecule has 0 aliphatic heterocycles. The fourth-order valence-corrected chi connectivity index (χ4v) is 1.63. The lowest BCUT2D eigenvalue weighted by Gasteiger charge is -2.13. The Morgan fingerprint density at radius 1 is 1.25 bits per heavy atom. The molecule has 0 saturated heterocycles. The third kappa shape index (κ3) is 2.85. The number of carbonyl (C=O) groups excluding carboxylic acids is 1. The average molecular weight is 278 g/mol. The molecule has 0 aliphatic carbocycles. The molecule has 1 aromatic carbocycles. The van der Waals surface area contributed by atoms with E-state index in [9.17, 15) is 4.79 Å². The number of ether oxygens (including phenoxy) is 3. The molecular weight excluding hydrogens is 264 g/mol. The summed E-state index contributed by atoms with van der Waals surface area (Å²) in [6.45, 7) is 0.112. The van der Waals surface area contributed by atoms with Crippen molar-refractivity contribution in [1.82, 2.24) is 20.2 Å². The maximum Gasteiger partial charge on any atom is 0.212 e. The Balaban J connectivity index is 2.27. The van der Waals surface area contributed by atoms with Crippen LogP contribution in [-0.2, 0) is 13.7 Å². The summed E-state index contributed by atoms with van der Waals surface area (Å²) in [4.78, 5) is 12.2. The third-order valence-electron chi connectivity index (χ3n) is 2.51. The molecule has 8 nitrogen and oxygen atoms in total. The summed E-state index contributed by atoms with van der Waals surface area (Å²) in [5.74, 6) is 1.61. The zero-order valence-corrected chi connectivity index (χ0v) is 11.4. The minimum absolute atomic E-state index is 0.112. The third-order valence-corrected chi connectivity index (χ3v) is 2.51. The standard InChI is InChI=1S/C12H14N4O4/c1-16-14-11(13-15-16)7-20-12-9(18-2)4-8(6-17)5-10(12)19-3/h4-6H,7H2,1-3H3. The summed E-state index contributed by atoms with van der Waals surface area (Å²) >= 11 is 0. The van der Waals surface area contributed by atoms with E-state index >= 15 is 0 Å². The number of aryl methyl sites for hydroxylation is 1. The second-order valence-corrected chi connectivity index (χ2v) is 3.86. The van der Waals surface area contributed by atoms with Crippen molar-refractivity contribution >= 4 is 6.29 Å². The van der Waals surface area contributed by atoms with Crippen LogP contribution in [0.2, 0.25) is 0 Å². The first-order chi connectivity index (χ1) is 9.67. The fraction of sp³-hybridized carbons (Fsp3) is 0.333. The molecule has 8 heteroatoms. The van der Waals surface area contributed by atoms with E-state index < -0.39 is 0 Å². The number of methoxy groups -OCH3 is 2. The molecule has 0 radical (unpaired) electrons. The zero-order chi connectivity index (χ0) is 14.5. The van der Waals surface area contributed by atoms with Gasteiger partial charge in [-0.15, -0.1) is 10.2 Å². The monoisotopic (exact) mass is 278 g/mol. The first kappa shape index (κ1) is 13.8. The quantitative estimate of drug-likeness (QED) is 0.715. The van der Waals surface area contributed by atoms with Crippen molar-refractivity contribution in [2.24, 2.45) is 7.05 Å². The van der Waals surface area contributed by atoms with Gasteiger partial charge in [-0.25, -0.2) is 0 Å². The van der Waals surface area contributed by atoms with Crippen molar-refractivity contribution in [1.29, 1.82) is 0 Å². The molecule has 0 N–H and O–H groups in total. The maximum atomic E-state index is 10.9. The van der Waals surface area contributed by atoms with Gasteiger partial charge in [-0.3, -0.25) is 4.79 Å². The summed E-state index contributed by atoms with van der Waals surface area (Å²) in [7, 11) is 4.63. The van der Waals surface area contributed by atoms with Crippen LogP contribution in [0.3, 0.4) is 0 Å². The van der Waals surface area contributed by atoms with Gasteiger partial charge in [0.25, 0.3) is 0 Å². The Hall–Kier alpha value is -2.64. The molecule has 1 heterocycles. The summed E-state index contributed by atoms with van der Waals surface area (Å²) < 4.78 is 16.0. The van der Waals surface area contributed by atoms with Crippen molar-refractivity contribution in [3.63, 3.8) is 0 Å². The highest BCUT2D eigenvalue weighted by Crippen LogP contribution is 2.38. The van der Waals surface area contributed by atoms with Crippen molar-refractivity contribution in [2.45, 2.75) is 6.61 Å². The summed E-state index contributed by atoms with van der Waals surface area (Å²) in [6.07, 6.45) is 0.707. The Morgan fingerprint density at radius 2 is 1.90 bits per heavy atom. The number of hydrogen-bond acceptors (Lipinski definition) is 7. The van der Waals surface area contributed by atoms with E-state index in [2.05, 4.69) is 15.4 Å². The lowest BCUT2D eigenvalue weighted by Crippen LogP contribution is -2.03. The SMILES string of the molecule is COc1cc(C=O)cc(OC)c1OCc1nnn(C)n1. The predicted octanol–water partition coefficient (Wildman–Crippen LogP) is 0.619. The van der Waals surface area contributed by atoms with Gasteiger partial charge in [0.2, 0.25) is 11.6 Å². The topological polar surface area (TPSA) is 88.4 Å². The number of aldehydes is 1. The lowest BCUT2D eigenvalue weighted by molar-refractivity contribution is 0.112. The van der Waals surface area contributed by atoms with Crippen molar-refractivity contribution in [3.05, 3.63) is 23.5 Å². The van der Waals surface area contributed by atoms with Gasteiger partial charge in [0, 0.05) is 5.56 Å². The Bertz CT molecular complexity index is 586. The van der Waals surface area contributed by atoms with E-state index in [0.29, 0.717) is 34.9 Å². The van der Waals surface area contributed by atoms with Gasteiger partial charge in [0.15, 0.2) is 18.1 Å². The molecule has 0 saturated carbocycles.